The number of hydrogen-bond acceptors (Lipinski definition) is 7. The van der Waals surface area contributed by atoms with Crippen LogP contribution in [0.1, 0.15) is 26.7 Å². The van der Waals surface area contributed by atoms with E-state index in [0.29, 0.717) is 18.1 Å². The predicted octanol–water partition coefficient (Wildman–Crippen LogP) is 2.74. The van der Waals surface area contributed by atoms with Gasteiger partial charge < -0.3 is 10.2 Å². The summed E-state index contributed by atoms with van der Waals surface area (Å²) in [6.07, 6.45) is 0. The first kappa shape index (κ1) is 20.0. The zero-order valence-electron chi connectivity index (χ0n) is 16.2. The van der Waals surface area contributed by atoms with Crippen molar-refractivity contribution in [1.29, 1.82) is 0 Å². The molecule has 0 aliphatic heterocycles. The van der Waals surface area contributed by atoms with E-state index in [-0.39, 0.29) is 11.7 Å². The van der Waals surface area contributed by atoms with E-state index in [2.05, 4.69) is 32.0 Å². The van der Waals surface area contributed by atoms with Crippen LogP contribution >= 0.6 is 0 Å². The second kappa shape index (κ2) is 9.42. The Bertz CT molecular complexity index is 865. The highest BCUT2D eigenvalue weighted by Gasteiger charge is 2.18. The van der Waals surface area contributed by atoms with Crippen molar-refractivity contribution in [2.75, 3.05) is 20.1 Å². The molecule has 0 atom stereocenters. The molecule has 0 unspecified atom stereocenters. The van der Waals surface area contributed by atoms with E-state index in [1.54, 1.807) is 7.05 Å². The number of aliphatic imine (C=N–C) groups is 2. The molecule has 0 saturated carbocycles. The summed E-state index contributed by atoms with van der Waals surface area (Å²) in [7, 11) is 1.59. The van der Waals surface area contributed by atoms with Crippen molar-refractivity contribution in [2.45, 2.75) is 20.8 Å². The number of benzene rings is 1. The van der Waals surface area contributed by atoms with E-state index in [1.165, 1.54) is 0 Å². The van der Waals surface area contributed by atoms with Crippen LogP contribution in [0.25, 0.3) is 11.5 Å². The molecule has 1 heterocycles. The van der Waals surface area contributed by atoms with Gasteiger partial charge in [0.1, 0.15) is 5.84 Å². The molecule has 0 spiro atoms. The molecule has 8 nitrogen and oxygen atoms in total. The van der Waals surface area contributed by atoms with Crippen LogP contribution in [-0.4, -0.2) is 53.6 Å². The van der Waals surface area contributed by atoms with Crippen LogP contribution in [0, 0.1) is 0 Å². The summed E-state index contributed by atoms with van der Waals surface area (Å²) >= 11 is 0. The molecule has 142 valence electrons. The highest BCUT2D eigenvalue weighted by molar-refractivity contribution is 6.46. The van der Waals surface area contributed by atoms with Gasteiger partial charge in [-0.15, -0.1) is 10.2 Å². The molecule has 0 fully saturated rings. The molecule has 0 aliphatic rings. The number of aromatic nitrogens is 2. The number of rotatable bonds is 8. The SMILES string of the molecule is C=NN(CC)C/C(C)=C(\C)N=C(C(N)=NC)c1nnc(-c2ccccc2)o1. The Balaban J connectivity index is 2.40. The highest BCUT2D eigenvalue weighted by atomic mass is 16.4. The van der Waals surface area contributed by atoms with Gasteiger partial charge in [0.25, 0.3) is 5.89 Å². The molecular formula is C19H25N7O. The van der Waals surface area contributed by atoms with Crippen molar-refractivity contribution in [3.63, 3.8) is 0 Å². The molecular weight excluding hydrogens is 342 g/mol. The number of amidine groups is 1. The summed E-state index contributed by atoms with van der Waals surface area (Å²) in [6, 6.07) is 9.51. The number of likely N-dealkylation sites (N-methyl/N-ethyl adjacent to an activating group) is 1. The van der Waals surface area contributed by atoms with Crippen molar-refractivity contribution in [2.24, 2.45) is 20.8 Å². The minimum atomic E-state index is 0.221. The molecule has 0 saturated heterocycles. The van der Waals surface area contributed by atoms with Crippen molar-refractivity contribution in [3.05, 3.63) is 47.5 Å². The van der Waals surface area contributed by atoms with E-state index < -0.39 is 0 Å². The smallest absolute Gasteiger partial charge is 0.270 e. The Morgan fingerprint density at radius 3 is 2.52 bits per heavy atom. The lowest BCUT2D eigenvalue weighted by molar-refractivity contribution is 0.332. The minimum Gasteiger partial charge on any atom is -0.414 e. The van der Waals surface area contributed by atoms with Crippen LogP contribution < -0.4 is 5.73 Å². The maximum atomic E-state index is 6.03. The number of hydrogen-bond donors (Lipinski definition) is 1. The minimum absolute atomic E-state index is 0.221. The first-order chi connectivity index (χ1) is 13.0. The van der Waals surface area contributed by atoms with Gasteiger partial charge in [0.2, 0.25) is 5.89 Å². The van der Waals surface area contributed by atoms with Crippen molar-refractivity contribution >= 4 is 18.3 Å². The van der Waals surface area contributed by atoms with Gasteiger partial charge in [-0.1, -0.05) is 18.2 Å². The Kier molecular flexibility index (Phi) is 6.99. The van der Waals surface area contributed by atoms with Gasteiger partial charge in [-0.25, -0.2) is 4.99 Å². The Morgan fingerprint density at radius 1 is 1.22 bits per heavy atom. The summed E-state index contributed by atoms with van der Waals surface area (Å²) in [5.41, 5.74) is 8.99. The van der Waals surface area contributed by atoms with Gasteiger partial charge in [0, 0.05) is 31.6 Å². The fourth-order valence-corrected chi connectivity index (χ4v) is 2.25. The molecule has 27 heavy (non-hydrogen) atoms. The van der Waals surface area contributed by atoms with Crippen LogP contribution in [-0.2, 0) is 0 Å². The third kappa shape index (κ3) is 5.10. The zero-order chi connectivity index (χ0) is 19.8. The van der Waals surface area contributed by atoms with Gasteiger partial charge in [-0.2, -0.15) is 5.10 Å². The second-order valence-electron chi connectivity index (χ2n) is 5.84. The molecule has 1 aromatic heterocycles. The third-order valence-corrected chi connectivity index (χ3v) is 4.01. The lowest BCUT2D eigenvalue weighted by Crippen LogP contribution is -2.25. The second-order valence-corrected chi connectivity index (χ2v) is 5.84. The molecule has 1 aromatic carbocycles. The molecule has 2 rings (SSSR count). The molecule has 8 heteroatoms. The maximum Gasteiger partial charge on any atom is 0.270 e. The Hall–Kier alpha value is -3.29. The fourth-order valence-electron chi connectivity index (χ4n) is 2.25. The molecule has 0 aliphatic carbocycles. The molecule has 0 amide bonds. The Morgan fingerprint density at radius 2 is 1.93 bits per heavy atom. The van der Waals surface area contributed by atoms with Crippen LogP contribution in [0.5, 0.6) is 0 Å². The molecule has 0 radical (unpaired) electrons. The van der Waals surface area contributed by atoms with Gasteiger partial charge in [-0.3, -0.25) is 10.0 Å². The fraction of sp³-hybridized carbons (Fsp3) is 0.316. The van der Waals surface area contributed by atoms with Gasteiger partial charge in [0.05, 0.1) is 6.54 Å². The first-order valence-corrected chi connectivity index (χ1v) is 8.58. The predicted molar refractivity (Wildman–Crippen MR) is 109 cm³/mol. The first-order valence-electron chi connectivity index (χ1n) is 8.58. The normalized spacial score (nSPS) is 13.3. The van der Waals surface area contributed by atoms with Crippen molar-refractivity contribution < 1.29 is 4.42 Å². The summed E-state index contributed by atoms with van der Waals surface area (Å²) in [6.45, 7) is 10.8. The maximum absolute atomic E-state index is 6.03. The number of allylic oxidation sites excluding steroid dienone is 1. The monoisotopic (exact) mass is 367 g/mol. The van der Waals surface area contributed by atoms with Crippen LogP contribution in [0.2, 0.25) is 0 Å². The average Bonchev–Trinajstić information content (AvgIpc) is 3.19. The van der Waals surface area contributed by atoms with Gasteiger partial charge >= 0.3 is 0 Å². The van der Waals surface area contributed by atoms with E-state index in [9.17, 15) is 0 Å². The van der Waals surface area contributed by atoms with Gasteiger partial charge in [0.15, 0.2) is 5.71 Å². The molecule has 2 aromatic rings. The van der Waals surface area contributed by atoms with E-state index >= 15 is 0 Å². The van der Waals surface area contributed by atoms with E-state index in [4.69, 9.17) is 10.2 Å². The van der Waals surface area contributed by atoms with Crippen molar-refractivity contribution in [3.8, 4) is 11.5 Å². The molecule has 2 N–H and O–H groups in total. The number of nitrogens with two attached hydrogens (primary N) is 1. The standard InChI is InChI=1S/C19H25N7O/c1-6-26(22-5)12-13(2)14(3)23-16(17(20)21-4)19-25-24-18(27-19)15-10-8-7-9-11-15/h7-11H,5-6,12H2,1-4H3,(H2,20,21)/b14-13+,23-16?. The molecule has 0 bridgehead atoms. The van der Waals surface area contributed by atoms with Gasteiger partial charge in [-0.05, 0) is 38.5 Å². The number of hydrazone groups is 1. The topological polar surface area (TPSA) is 105 Å². The zero-order valence-corrected chi connectivity index (χ0v) is 16.2. The Labute approximate surface area is 159 Å². The third-order valence-electron chi connectivity index (χ3n) is 4.01. The highest BCUT2D eigenvalue weighted by Crippen LogP contribution is 2.18. The lowest BCUT2D eigenvalue weighted by Gasteiger charge is -2.17. The summed E-state index contributed by atoms with van der Waals surface area (Å²) in [5, 5.41) is 14.0. The largest absolute Gasteiger partial charge is 0.414 e. The quantitative estimate of drug-likeness (QED) is 0.439. The van der Waals surface area contributed by atoms with Crippen LogP contribution in [0.15, 0.2) is 61.1 Å². The lowest BCUT2D eigenvalue weighted by atomic mass is 10.2. The number of nitrogens with zero attached hydrogens (tertiary/aromatic N) is 6. The van der Waals surface area contributed by atoms with E-state index in [0.717, 1.165) is 23.4 Å². The summed E-state index contributed by atoms with van der Waals surface area (Å²) in [4.78, 5) is 8.63. The van der Waals surface area contributed by atoms with Crippen LogP contribution in [0.3, 0.4) is 0 Å². The van der Waals surface area contributed by atoms with E-state index in [1.807, 2.05) is 56.1 Å². The summed E-state index contributed by atoms with van der Waals surface area (Å²) in [5.74, 6) is 0.839. The summed E-state index contributed by atoms with van der Waals surface area (Å²) < 4.78 is 5.78. The van der Waals surface area contributed by atoms with Crippen LogP contribution in [0.4, 0.5) is 0 Å². The average molecular weight is 367 g/mol. The van der Waals surface area contributed by atoms with Crippen molar-refractivity contribution in [1.82, 2.24) is 15.2 Å².